The molecule has 2 unspecified atom stereocenters. The molecule has 1 aromatic rings. The number of hydrogen-bond donors (Lipinski definition) is 1. The topological polar surface area (TPSA) is 15.3 Å². The fourth-order valence-corrected chi connectivity index (χ4v) is 3.12. The van der Waals surface area contributed by atoms with Crippen molar-refractivity contribution in [1.29, 1.82) is 0 Å². The molecule has 1 N–H and O–H groups in total. The van der Waals surface area contributed by atoms with Crippen molar-refractivity contribution in [3.63, 3.8) is 0 Å². The van der Waals surface area contributed by atoms with Gasteiger partial charge >= 0.3 is 0 Å². The largest absolute Gasteiger partial charge is 0.369 e. The van der Waals surface area contributed by atoms with E-state index in [1.54, 1.807) is 0 Å². The second-order valence-electron chi connectivity index (χ2n) is 7.77. The van der Waals surface area contributed by atoms with Crippen molar-refractivity contribution in [2.24, 2.45) is 5.92 Å². The molecule has 1 fully saturated rings. The number of nitrogens with one attached hydrogen (secondary N) is 1. The van der Waals surface area contributed by atoms with Crippen molar-refractivity contribution in [3.05, 3.63) is 29.3 Å². The van der Waals surface area contributed by atoms with Crippen LogP contribution < -0.4 is 10.2 Å². The maximum absolute atomic E-state index is 3.58. The summed E-state index contributed by atoms with van der Waals surface area (Å²) in [5, 5.41) is 3.58. The van der Waals surface area contributed by atoms with Crippen molar-refractivity contribution < 1.29 is 0 Å². The van der Waals surface area contributed by atoms with Gasteiger partial charge in [0.15, 0.2) is 0 Å². The SMILES string of the molecule is Cc1cc(N2CCCC(C)C2C)ccc1CNC(C)(C)C. The minimum absolute atomic E-state index is 0.169. The van der Waals surface area contributed by atoms with E-state index < -0.39 is 0 Å². The number of hydrogen-bond acceptors (Lipinski definition) is 2. The highest BCUT2D eigenvalue weighted by Gasteiger charge is 2.25. The Hall–Kier alpha value is -1.02. The molecule has 2 heteroatoms. The van der Waals surface area contributed by atoms with Gasteiger partial charge in [-0.3, -0.25) is 0 Å². The van der Waals surface area contributed by atoms with Crippen LogP contribution >= 0.6 is 0 Å². The van der Waals surface area contributed by atoms with Gasteiger partial charge < -0.3 is 10.2 Å². The minimum Gasteiger partial charge on any atom is -0.369 e. The highest BCUT2D eigenvalue weighted by molar-refractivity contribution is 5.52. The summed E-state index contributed by atoms with van der Waals surface area (Å²) < 4.78 is 0. The first kappa shape index (κ1) is 16.4. The zero-order chi connectivity index (χ0) is 15.6. The standard InChI is InChI=1S/C19H32N2/c1-14-8-7-11-21(16(14)3)18-10-9-17(15(2)12-18)13-20-19(4,5)6/h9-10,12,14,16,20H,7-8,11,13H2,1-6H3. The van der Waals surface area contributed by atoms with Gasteiger partial charge in [0.25, 0.3) is 0 Å². The molecule has 0 spiro atoms. The van der Waals surface area contributed by atoms with Gasteiger partial charge in [-0.25, -0.2) is 0 Å². The van der Waals surface area contributed by atoms with Crippen LogP contribution in [0.3, 0.4) is 0 Å². The average Bonchev–Trinajstić information content (AvgIpc) is 2.39. The van der Waals surface area contributed by atoms with Crippen LogP contribution in [0.5, 0.6) is 0 Å². The molecule has 0 aromatic heterocycles. The Morgan fingerprint density at radius 3 is 2.57 bits per heavy atom. The lowest BCUT2D eigenvalue weighted by molar-refractivity contribution is 0.363. The van der Waals surface area contributed by atoms with Crippen molar-refractivity contribution in [2.45, 2.75) is 72.5 Å². The molecule has 1 aromatic carbocycles. The number of piperidine rings is 1. The summed E-state index contributed by atoms with van der Waals surface area (Å²) in [6.07, 6.45) is 2.68. The molecule has 1 aliphatic rings. The van der Waals surface area contributed by atoms with Crippen LogP contribution in [0.15, 0.2) is 18.2 Å². The second-order valence-corrected chi connectivity index (χ2v) is 7.77. The maximum atomic E-state index is 3.58. The molecule has 0 amide bonds. The third kappa shape index (κ3) is 4.23. The van der Waals surface area contributed by atoms with Gasteiger partial charge in [0.2, 0.25) is 0 Å². The molecule has 118 valence electrons. The average molecular weight is 288 g/mol. The fourth-order valence-electron chi connectivity index (χ4n) is 3.12. The van der Waals surface area contributed by atoms with E-state index in [1.807, 2.05) is 0 Å². The van der Waals surface area contributed by atoms with Crippen LogP contribution in [0.1, 0.15) is 58.6 Å². The monoisotopic (exact) mass is 288 g/mol. The Labute approximate surface area is 130 Å². The van der Waals surface area contributed by atoms with Crippen molar-refractivity contribution >= 4 is 5.69 Å². The molecule has 21 heavy (non-hydrogen) atoms. The third-order valence-electron chi connectivity index (χ3n) is 4.84. The highest BCUT2D eigenvalue weighted by Crippen LogP contribution is 2.29. The Balaban J connectivity index is 2.11. The zero-order valence-electron chi connectivity index (χ0n) is 14.7. The van der Waals surface area contributed by atoms with E-state index in [4.69, 9.17) is 0 Å². The smallest absolute Gasteiger partial charge is 0.0371 e. The Morgan fingerprint density at radius 1 is 1.24 bits per heavy atom. The van der Waals surface area contributed by atoms with Gasteiger partial charge in [-0.05, 0) is 76.6 Å². The van der Waals surface area contributed by atoms with E-state index in [9.17, 15) is 0 Å². The fraction of sp³-hybridized carbons (Fsp3) is 0.684. The van der Waals surface area contributed by atoms with E-state index in [-0.39, 0.29) is 5.54 Å². The minimum atomic E-state index is 0.169. The number of anilines is 1. The van der Waals surface area contributed by atoms with Crippen LogP contribution in [0.2, 0.25) is 0 Å². The Morgan fingerprint density at radius 2 is 1.95 bits per heavy atom. The maximum Gasteiger partial charge on any atom is 0.0371 e. The highest BCUT2D eigenvalue weighted by atomic mass is 15.2. The van der Waals surface area contributed by atoms with Gasteiger partial charge in [-0.1, -0.05) is 13.0 Å². The molecule has 2 nitrogen and oxygen atoms in total. The second kappa shape index (κ2) is 6.39. The molecule has 2 rings (SSSR count). The number of nitrogens with zero attached hydrogens (tertiary/aromatic N) is 1. The first-order chi connectivity index (χ1) is 9.78. The van der Waals surface area contributed by atoms with Crippen LogP contribution in [0.4, 0.5) is 5.69 Å². The summed E-state index contributed by atoms with van der Waals surface area (Å²) in [7, 11) is 0. The van der Waals surface area contributed by atoms with Gasteiger partial charge in [0.1, 0.15) is 0 Å². The molecule has 0 saturated carbocycles. The van der Waals surface area contributed by atoms with E-state index in [2.05, 4.69) is 70.0 Å². The van der Waals surface area contributed by atoms with Gasteiger partial charge in [-0.2, -0.15) is 0 Å². The van der Waals surface area contributed by atoms with Crippen LogP contribution in [0.25, 0.3) is 0 Å². The molecule has 0 radical (unpaired) electrons. The van der Waals surface area contributed by atoms with E-state index >= 15 is 0 Å². The van der Waals surface area contributed by atoms with Crippen LogP contribution in [-0.2, 0) is 6.54 Å². The van der Waals surface area contributed by atoms with Crippen molar-refractivity contribution in [3.8, 4) is 0 Å². The molecule has 1 aliphatic heterocycles. The normalized spacial score (nSPS) is 23.4. The molecule has 1 saturated heterocycles. The van der Waals surface area contributed by atoms with Crippen LogP contribution in [-0.4, -0.2) is 18.1 Å². The predicted molar refractivity (Wildman–Crippen MR) is 93.0 cm³/mol. The van der Waals surface area contributed by atoms with E-state index in [0.29, 0.717) is 6.04 Å². The zero-order valence-corrected chi connectivity index (χ0v) is 14.7. The molecule has 0 bridgehead atoms. The first-order valence-corrected chi connectivity index (χ1v) is 8.39. The molecule has 1 heterocycles. The summed E-state index contributed by atoms with van der Waals surface area (Å²) in [4.78, 5) is 2.59. The lowest BCUT2D eigenvalue weighted by atomic mass is 9.91. The predicted octanol–water partition coefficient (Wildman–Crippen LogP) is 4.51. The van der Waals surface area contributed by atoms with Gasteiger partial charge in [-0.15, -0.1) is 0 Å². The van der Waals surface area contributed by atoms with Crippen molar-refractivity contribution in [2.75, 3.05) is 11.4 Å². The van der Waals surface area contributed by atoms with E-state index in [0.717, 1.165) is 12.5 Å². The quantitative estimate of drug-likeness (QED) is 0.880. The van der Waals surface area contributed by atoms with Crippen LogP contribution in [0, 0.1) is 12.8 Å². The summed E-state index contributed by atoms with van der Waals surface area (Å²) in [5.74, 6) is 0.793. The lowest BCUT2D eigenvalue weighted by Crippen LogP contribution is -2.42. The lowest BCUT2D eigenvalue weighted by Gasteiger charge is -2.40. The number of benzene rings is 1. The van der Waals surface area contributed by atoms with Crippen molar-refractivity contribution in [1.82, 2.24) is 5.32 Å². The molecule has 0 aliphatic carbocycles. The van der Waals surface area contributed by atoms with Gasteiger partial charge in [0, 0.05) is 30.4 Å². The first-order valence-electron chi connectivity index (χ1n) is 8.39. The summed E-state index contributed by atoms with van der Waals surface area (Å²) in [6, 6.07) is 7.63. The molecule has 2 atom stereocenters. The summed E-state index contributed by atoms with van der Waals surface area (Å²) in [5.41, 5.74) is 4.37. The third-order valence-corrected chi connectivity index (χ3v) is 4.84. The molecular weight excluding hydrogens is 256 g/mol. The number of aryl methyl sites for hydroxylation is 1. The molecular formula is C19H32N2. The Bertz CT molecular complexity index is 473. The van der Waals surface area contributed by atoms with Gasteiger partial charge in [0.05, 0.1) is 0 Å². The number of rotatable bonds is 3. The summed E-state index contributed by atoms with van der Waals surface area (Å²) >= 11 is 0. The summed E-state index contributed by atoms with van der Waals surface area (Å²) in [6.45, 7) is 15.8. The van der Waals surface area contributed by atoms with E-state index in [1.165, 1.54) is 36.2 Å². The Kier molecular flexibility index (Phi) is 4.98.